The Bertz CT molecular complexity index is 485. The third-order valence-electron chi connectivity index (χ3n) is 2.23. The fourth-order valence-corrected chi connectivity index (χ4v) is 2.03. The highest BCUT2D eigenvalue weighted by molar-refractivity contribution is 9.10. The number of benzene rings is 1. The molecule has 0 heterocycles. The molecule has 0 spiro atoms. The lowest BCUT2D eigenvalue weighted by Crippen LogP contribution is -2.32. The van der Waals surface area contributed by atoms with Gasteiger partial charge in [-0.2, -0.15) is 5.26 Å². The molecule has 1 aromatic rings. The molecule has 5 heteroatoms. The van der Waals surface area contributed by atoms with E-state index in [1.807, 2.05) is 13.0 Å². The minimum absolute atomic E-state index is 0.354. The zero-order chi connectivity index (χ0) is 13.0. The van der Waals surface area contributed by atoms with E-state index in [2.05, 4.69) is 21.2 Å². The van der Waals surface area contributed by atoms with Crippen molar-refractivity contribution in [3.63, 3.8) is 0 Å². The van der Waals surface area contributed by atoms with Gasteiger partial charge in [0.1, 0.15) is 0 Å². The Hall–Kier alpha value is -1.67. The Morgan fingerprint density at radius 2 is 2.06 bits per heavy atom. The third kappa shape index (κ3) is 3.14. The summed E-state index contributed by atoms with van der Waals surface area (Å²) in [6.45, 7) is 1.84. The molecule has 4 nitrogen and oxygen atoms in total. The van der Waals surface area contributed by atoms with Crippen LogP contribution in [-0.2, 0) is 4.79 Å². The van der Waals surface area contributed by atoms with E-state index in [-0.39, 0.29) is 0 Å². The second kappa shape index (κ2) is 5.60. The van der Waals surface area contributed by atoms with Crippen LogP contribution in [0.3, 0.4) is 0 Å². The molecule has 0 fully saturated rings. The van der Waals surface area contributed by atoms with Gasteiger partial charge in [0.2, 0.25) is 5.91 Å². The van der Waals surface area contributed by atoms with Crippen LogP contribution in [0.2, 0.25) is 0 Å². The van der Waals surface area contributed by atoms with Crippen LogP contribution in [0.1, 0.15) is 15.9 Å². The van der Waals surface area contributed by atoms with Crippen LogP contribution in [-0.4, -0.2) is 18.7 Å². The van der Waals surface area contributed by atoms with Crippen molar-refractivity contribution in [3.8, 4) is 6.07 Å². The topological polar surface area (TPSA) is 70.0 Å². The highest BCUT2D eigenvalue weighted by atomic mass is 79.9. The highest BCUT2D eigenvalue weighted by Gasteiger charge is 2.26. The molecule has 1 atom stereocenters. The minimum atomic E-state index is -1.30. The van der Waals surface area contributed by atoms with Crippen molar-refractivity contribution < 1.29 is 9.59 Å². The van der Waals surface area contributed by atoms with Crippen LogP contribution in [0.5, 0.6) is 0 Å². The van der Waals surface area contributed by atoms with Gasteiger partial charge in [0.05, 0.1) is 6.07 Å². The first-order chi connectivity index (χ1) is 7.99. The molecular formula is C12H11BrN2O2. The summed E-state index contributed by atoms with van der Waals surface area (Å²) in [7, 11) is 1.39. The average molecular weight is 295 g/mol. The van der Waals surface area contributed by atoms with Crippen LogP contribution in [0.25, 0.3) is 0 Å². The molecule has 0 bridgehead atoms. The molecule has 0 unspecified atom stereocenters. The van der Waals surface area contributed by atoms with Crippen molar-refractivity contribution in [1.29, 1.82) is 5.26 Å². The maximum atomic E-state index is 12.0. The van der Waals surface area contributed by atoms with E-state index >= 15 is 0 Å². The lowest BCUT2D eigenvalue weighted by Gasteiger charge is -2.07. The lowest BCUT2D eigenvalue weighted by molar-refractivity contribution is -0.121. The molecule has 0 aliphatic heterocycles. The van der Waals surface area contributed by atoms with Crippen molar-refractivity contribution in [1.82, 2.24) is 5.32 Å². The fourth-order valence-electron chi connectivity index (χ4n) is 1.43. The Balaban J connectivity index is 3.11. The maximum absolute atomic E-state index is 12.0. The van der Waals surface area contributed by atoms with E-state index in [0.29, 0.717) is 5.56 Å². The molecular weight excluding hydrogens is 284 g/mol. The third-order valence-corrected chi connectivity index (χ3v) is 2.68. The van der Waals surface area contributed by atoms with E-state index in [4.69, 9.17) is 5.26 Å². The predicted molar refractivity (Wildman–Crippen MR) is 66.4 cm³/mol. The van der Waals surface area contributed by atoms with Gasteiger partial charge in [-0.1, -0.05) is 15.9 Å². The summed E-state index contributed by atoms with van der Waals surface area (Å²) in [5, 5.41) is 11.2. The summed E-state index contributed by atoms with van der Waals surface area (Å²) >= 11 is 3.27. The molecule has 1 N–H and O–H groups in total. The molecule has 0 saturated carbocycles. The number of halogens is 1. The molecule has 88 valence electrons. The molecule has 0 aromatic heterocycles. The number of hydrogen-bond acceptors (Lipinski definition) is 3. The van der Waals surface area contributed by atoms with Gasteiger partial charge >= 0.3 is 0 Å². The normalized spacial score (nSPS) is 11.4. The first-order valence-corrected chi connectivity index (χ1v) is 5.71. The quantitative estimate of drug-likeness (QED) is 0.683. The zero-order valence-electron chi connectivity index (χ0n) is 9.45. The number of ketones is 1. The fraction of sp³-hybridized carbons (Fsp3) is 0.250. The number of carbonyl (C=O) groups is 2. The smallest absolute Gasteiger partial charge is 0.245 e. The van der Waals surface area contributed by atoms with Crippen molar-refractivity contribution in [2.45, 2.75) is 6.92 Å². The number of aryl methyl sites for hydroxylation is 1. The predicted octanol–water partition coefficient (Wildman–Crippen LogP) is 1.83. The van der Waals surface area contributed by atoms with Gasteiger partial charge in [-0.05, 0) is 30.7 Å². The zero-order valence-corrected chi connectivity index (χ0v) is 11.0. The SMILES string of the molecule is CNC(=O)[C@@H](C#N)C(=O)c1cc(C)cc(Br)c1. The molecule has 0 aliphatic carbocycles. The Labute approximate surface area is 108 Å². The summed E-state index contributed by atoms with van der Waals surface area (Å²) in [5.74, 6) is -2.37. The number of amides is 1. The number of rotatable bonds is 3. The summed E-state index contributed by atoms with van der Waals surface area (Å²) in [6.07, 6.45) is 0. The van der Waals surface area contributed by atoms with Crippen molar-refractivity contribution >= 4 is 27.6 Å². The van der Waals surface area contributed by atoms with Gasteiger partial charge in [0.25, 0.3) is 0 Å². The summed E-state index contributed by atoms with van der Waals surface area (Å²) < 4.78 is 0.745. The monoisotopic (exact) mass is 294 g/mol. The van der Waals surface area contributed by atoms with Gasteiger partial charge in [0, 0.05) is 17.1 Å². The standard InChI is InChI=1S/C12H11BrN2O2/c1-7-3-8(5-9(13)4-7)11(16)10(6-14)12(17)15-2/h3-5,10H,1-2H3,(H,15,17)/t10-/m0/s1. The van der Waals surface area contributed by atoms with E-state index in [9.17, 15) is 9.59 Å². The van der Waals surface area contributed by atoms with Crippen LogP contribution >= 0.6 is 15.9 Å². The van der Waals surface area contributed by atoms with Crippen LogP contribution in [0.4, 0.5) is 0 Å². The number of nitrogens with one attached hydrogen (secondary N) is 1. The molecule has 0 saturated heterocycles. The summed E-state index contributed by atoms with van der Waals surface area (Å²) in [5.41, 5.74) is 1.24. The summed E-state index contributed by atoms with van der Waals surface area (Å²) in [4.78, 5) is 23.3. The first kappa shape index (κ1) is 13.4. The summed E-state index contributed by atoms with van der Waals surface area (Å²) in [6, 6.07) is 6.81. The van der Waals surface area contributed by atoms with Gasteiger partial charge in [-0.25, -0.2) is 0 Å². The molecule has 1 rings (SSSR count). The number of carbonyl (C=O) groups excluding carboxylic acids is 2. The molecule has 1 aromatic carbocycles. The first-order valence-electron chi connectivity index (χ1n) is 4.92. The molecule has 1 amide bonds. The highest BCUT2D eigenvalue weighted by Crippen LogP contribution is 2.18. The van der Waals surface area contributed by atoms with Crippen LogP contribution < -0.4 is 5.32 Å². The second-order valence-corrected chi connectivity index (χ2v) is 4.47. The molecule has 0 radical (unpaired) electrons. The van der Waals surface area contributed by atoms with Gasteiger partial charge < -0.3 is 5.32 Å². The van der Waals surface area contributed by atoms with E-state index < -0.39 is 17.6 Å². The Kier molecular flexibility index (Phi) is 4.41. The minimum Gasteiger partial charge on any atom is -0.358 e. The van der Waals surface area contributed by atoms with Crippen molar-refractivity contribution in [2.24, 2.45) is 5.92 Å². The number of nitriles is 1. The van der Waals surface area contributed by atoms with E-state index in [1.165, 1.54) is 7.05 Å². The average Bonchev–Trinajstić information content (AvgIpc) is 2.28. The van der Waals surface area contributed by atoms with Crippen LogP contribution in [0.15, 0.2) is 22.7 Å². The van der Waals surface area contributed by atoms with Crippen molar-refractivity contribution in [3.05, 3.63) is 33.8 Å². The largest absolute Gasteiger partial charge is 0.358 e. The van der Waals surface area contributed by atoms with Gasteiger partial charge in [-0.3, -0.25) is 9.59 Å². The molecule has 17 heavy (non-hydrogen) atoms. The van der Waals surface area contributed by atoms with Gasteiger partial charge in [-0.15, -0.1) is 0 Å². The Morgan fingerprint density at radius 3 is 2.53 bits per heavy atom. The van der Waals surface area contributed by atoms with Crippen molar-refractivity contribution in [2.75, 3.05) is 7.05 Å². The Morgan fingerprint density at radius 1 is 1.41 bits per heavy atom. The second-order valence-electron chi connectivity index (χ2n) is 3.56. The van der Waals surface area contributed by atoms with E-state index in [0.717, 1.165) is 10.0 Å². The number of Topliss-reactive ketones (excluding diaryl/α,β-unsaturated/α-hetero) is 1. The molecule has 0 aliphatic rings. The number of hydrogen-bond donors (Lipinski definition) is 1. The van der Waals surface area contributed by atoms with Crippen LogP contribution in [0, 0.1) is 24.2 Å². The maximum Gasteiger partial charge on any atom is 0.245 e. The van der Waals surface area contributed by atoms with E-state index in [1.54, 1.807) is 18.2 Å². The lowest BCUT2D eigenvalue weighted by atomic mass is 9.97. The van der Waals surface area contributed by atoms with Gasteiger partial charge in [0.15, 0.2) is 11.7 Å². The number of nitrogens with zero attached hydrogens (tertiary/aromatic N) is 1.